The summed E-state index contributed by atoms with van der Waals surface area (Å²) in [5, 5.41) is 2.53. The highest BCUT2D eigenvalue weighted by Gasteiger charge is 2.51. The van der Waals surface area contributed by atoms with Crippen LogP contribution in [0.2, 0.25) is 13.1 Å². The molecule has 2 aliphatic rings. The van der Waals surface area contributed by atoms with E-state index >= 15 is 0 Å². The van der Waals surface area contributed by atoms with Gasteiger partial charge in [-0.1, -0.05) is 84.9 Å². The van der Waals surface area contributed by atoms with Crippen molar-refractivity contribution in [2.24, 2.45) is 0 Å². The zero-order valence-corrected chi connectivity index (χ0v) is 19.6. The molecule has 0 bridgehead atoms. The minimum Gasteiger partial charge on any atom is -0.526 e. The SMILES string of the molecule is C[Si]1(N[Si]2(C)Oc3ccccc3-c3ccccc32)Oc2ccccc2-c2ccccc21. The zero-order valence-electron chi connectivity index (χ0n) is 17.6. The van der Waals surface area contributed by atoms with Crippen molar-refractivity contribution >= 4 is 27.3 Å². The summed E-state index contributed by atoms with van der Waals surface area (Å²) in [6.45, 7) is 4.51. The Hall–Kier alpha value is -3.13. The van der Waals surface area contributed by atoms with E-state index < -0.39 is 17.0 Å². The maximum Gasteiger partial charge on any atom is 0.355 e. The molecule has 0 radical (unpaired) electrons. The molecule has 1 N–H and O–H groups in total. The third-order valence-electron chi connectivity index (χ3n) is 6.34. The molecule has 2 unspecified atom stereocenters. The minimum atomic E-state index is -2.57. The smallest absolute Gasteiger partial charge is 0.355 e. The lowest BCUT2D eigenvalue weighted by atomic mass is 10.0. The standard InChI is InChI=1S/C26H23NO2Si2/c1-30(25-17-9-5-13-21(25)19-11-3-7-15-23(19)28-30)27-31(2)26-18-10-6-14-22(26)20-12-4-8-16-24(20)29-31/h3-18,27H,1-2H3. The van der Waals surface area contributed by atoms with E-state index in [-0.39, 0.29) is 0 Å². The van der Waals surface area contributed by atoms with Crippen LogP contribution in [0.1, 0.15) is 0 Å². The highest BCUT2D eigenvalue weighted by molar-refractivity contribution is 7.00. The van der Waals surface area contributed by atoms with Crippen LogP contribution in [0.3, 0.4) is 0 Å². The van der Waals surface area contributed by atoms with Crippen molar-refractivity contribution in [3.8, 4) is 33.8 Å². The van der Waals surface area contributed by atoms with Gasteiger partial charge in [-0.25, -0.2) is 0 Å². The minimum absolute atomic E-state index is 0.949. The first-order chi connectivity index (χ1) is 15.1. The molecule has 0 aromatic heterocycles. The Morgan fingerprint density at radius 3 is 1.29 bits per heavy atom. The quantitative estimate of drug-likeness (QED) is 0.463. The van der Waals surface area contributed by atoms with Crippen LogP contribution in [0.5, 0.6) is 11.5 Å². The average molecular weight is 438 g/mol. The molecule has 0 aliphatic carbocycles. The molecule has 2 heterocycles. The fourth-order valence-corrected chi connectivity index (χ4v) is 13.9. The Kier molecular flexibility index (Phi) is 4.02. The van der Waals surface area contributed by atoms with Crippen LogP contribution in [0, 0.1) is 0 Å². The van der Waals surface area contributed by atoms with Crippen molar-refractivity contribution in [3.63, 3.8) is 0 Å². The van der Waals surface area contributed by atoms with E-state index in [0.717, 1.165) is 22.6 Å². The van der Waals surface area contributed by atoms with Crippen molar-refractivity contribution in [1.29, 1.82) is 0 Å². The van der Waals surface area contributed by atoms with Crippen molar-refractivity contribution < 1.29 is 8.85 Å². The Morgan fingerprint density at radius 2 is 0.839 bits per heavy atom. The third kappa shape index (κ3) is 2.81. The largest absolute Gasteiger partial charge is 0.526 e. The number of nitrogens with one attached hydrogen (secondary N) is 1. The predicted octanol–water partition coefficient (Wildman–Crippen LogP) is 4.65. The lowest BCUT2D eigenvalue weighted by molar-refractivity contribution is 0.517. The highest BCUT2D eigenvalue weighted by atomic mass is 28.4. The van der Waals surface area contributed by atoms with Crippen LogP contribution >= 0.6 is 0 Å². The molecule has 31 heavy (non-hydrogen) atoms. The summed E-state index contributed by atoms with van der Waals surface area (Å²) in [4.78, 5) is 0. The van der Waals surface area contributed by atoms with Gasteiger partial charge in [-0.15, -0.1) is 0 Å². The van der Waals surface area contributed by atoms with Crippen molar-refractivity contribution in [2.75, 3.05) is 0 Å². The van der Waals surface area contributed by atoms with E-state index in [1.165, 1.54) is 21.5 Å². The van der Waals surface area contributed by atoms with Crippen LogP contribution < -0.4 is 23.9 Å². The molecular formula is C26H23NO2Si2. The van der Waals surface area contributed by atoms with Crippen LogP contribution in [-0.4, -0.2) is 17.0 Å². The number of hydrogen-bond donors (Lipinski definition) is 1. The first-order valence-corrected chi connectivity index (χ1v) is 15.4. The Bertz CT molecular complexity index is 1220. The summed E-state index contributed by atoms with van der Waals surface area (Å²) < 4.78 is 17.6. The molecule has 6 rings (SSSR count). The van der Waals surface area contributed by atoms with Gasteiger partial charge in [0.2, 0.25) is 0 Å². The van der Waals surface area contributed by atoms with Gasteiger partial charge in [-0.2, -0.15) is 0 Å². The van der Waals surface area contributed by atoms with E-state index in [9.17, 15) is 0 Å². The Morgan fingerprint density at radius 1 is 0.484 bits per heavy atom. The van der Waals surface area contributed by atoms with E-state index in [1.807, 2.05) is 12.1 Å². The molecule has 0 saturated heterocycles. The van der Waals surface area contributed by atoms with Crippen LogP contribution in [0.25, 0.3) is 22.3 Å². The Labute approximate surface area is 184 Å². The van der Waals surface area contributed by atoms with Crippen molar-refractivity contribution in [3.05, 3.63) is 97.1 Å². The highest BCUT2D eigenvalue weighted by Crippen LogP contribution is 2.38. The summed E-state index contributed by atoms with van der Waals surface area (Å²) in [7, 11) is -5.14. The fourth-order valence-electron chi connectivity index (χ4n) is 5.01. The zero-order chi connectivity index (χ0) is 21.1. The summed E-state index contributed by atoms with van der Waals surface area (Å²) in [5.41, 5.74) is 4.83. The lowest BCUT2D eigenvalue weighted by Gasteiger charge is -2.43. The molecule has 2 aliphatic heterocycles. The van der Waals surface area contributed by atoms with Gasteiger partial charge in [0.25, 0.3) is 0 Å². The first kappa shape index (κ1) is 18.6. The monoisotopic (exact) mass is 437 g/mol. The topological polar surface area (TPSA) is 30.5 Å². The third-order valence-corrected chi connectivity index (χ3v) is 14.3. The van der Waals surface area contributed by atoms with Gasteiger partial charge in [-0.3, -0.25) is 4.65 Å². The fraction of sp³-hybridized carbons (Fsp3) is 0.0769. The van der Waals surface area contributed by atoms with Gasteiger partial charge >= 0.3 is 17.0 Å². The van der Waals surface area contributed by atoms with E-state index in [0.29, 0.717) is 0 Å². The maximum atomic E-state index is 6.80. The second-order valence-electron chi connectivity index (χ2n) is 8.48. The van der Waals surface area contributed by atoms with Crippen LogP contribution in [-0.2, 0) is 0 Å². The van der Waals surface area contributed by atoms with Gasteiger partial charge in [0.15, 0.2) is 0 Å². The first-order valence-electron chi connectivity index (χ1n) is 10.6. The summed E-state index contributed by atoms with van der Waals surface area (Å²) >= 11 is 0. The second-order valence-corrected chi connectivity index (χ2v) is 15.1. The molecule has 0 spiro atoms. The molecule has 0 amide bonds. The van der Waals surface area contributed by atoms with Gasteiger partial charge in [0, 0.05) is 21.5 Å². The number of benzene rings is 4. The molecule has 5 heteroatoms. The molecule has 4 aromatic carbocycles. The number of fused-ring (bicyclic) bond motifs is 6. The molecule has 2 atom stereocenters. The molecular weight excluding hydrogens is 414 g/mol. The summed E-state index contributed by atoms with van der Waals surface area (Å²) in [5.74, 6) is 1.90. The van der Waals surface area contributed by atoms with Crippen molar-refractivity contribution in [1.82, 2.24) is 4.65 Å². The lowest BCUT2D eigenvalue weighted by Crippen LogP contribution is -2.78. The van der Waals surface area contributed by atoms with Gasteiger partial charge < -0.3 is 8.85 Å². The maximum absolute atomic E-state index is 6.80. The molecule has 0 saturated carbocycles. The van der Waals surface area contributed by atoms with Gasteiger partial charge in [0.1, 0.15) is 11.5 Å². The van der Waals surface area contributed by atoms with Gasteiger partial charge in [-0.05, 0) is 36.4 Å². The van der Waals surface area contributed by atoms with E-state index in [4.69, 9.17) is 8.85 Å². The average Bonchev–Trinajstić information content (AvgIpc) is 2.79. The molecule has 0 fully saturated rings. The van der Waals surface area contributed by atoms with Crippen LogP contribution in [0.4, 0.5) is 0 Å². The van der Waals surface area contributed by atoms with Crippen molar-refractivity contribution in [2.45, 2.75) is 13.1 Å². The Balaban J connectivity index is 1.50. The van der Waals surface area contributed by atoms with Gasteiger partial charge in [0.05, 0.1) is 0 Å². The number of hydrogen-bond acceptors (Lipinski definition) is 3. The normalized spacial score (nSPS) is 22.8. The second kappa shape index (κ2) is 6.69. The summed E-state index contributed by atoms with van der Waals surface area (Å²) in [6, 6.07) is 34.0. The van der Waals surface area contributed by atoms with E-state index in [2.05, 4.69) is 103 Å². The van der Waals surface area contributed by atoms with Crippen LogP contribution in [0.15, 0.2) is 97.1 Å². The van der Waals surface area contributed by atoms with E-state index in [1.54, 1.807) is 0 Å². The molecule has 152 valence electrons. The number of para-hydroxylation sites is 2. The predicted molar refractivity (Wildman–Crippen MR) is 131 cm³/mol. The molecule has 4 aromatic rings. The molecule has 3 nitrogen and oxygen atoms in total. The number of rotatable bonds is 2. The summed E-state index contributed by atoms with van der Waals surface area (Å²) in [6.07, 6.45) is 0.